The Kier molecular flexibility index (Phi) is 5.23. The van der Waals surface area contributed by atoms with E-state index in [9.17, 15) is 14.3 Å². The summed E-state index contributed by atoms with van der Waals surface area (Å²) in [6, 6.07) is 11.0. The first-order chi connectivity index (χ1) is 14.4. The van der Waals surface area contributed by atoms with Crippen molar-refractivity contribution in [1.82, 2.24) is 4.57 Å². The van der Waals surface area contributed by atoms with Crippen molar-refractivity contribution in [3.63, 3.8) is 0 Å². The lowest BCUT2D eigenvalue weighted by molar-refractivity contribution is -0.132. The molecular formula is C21H15FN2O4S2. The van der Waals surface area contributed by atoms with Crippen LogP contribution in [0.2, 0.25) is 0 Å². The van der Waals surface area contributed by atoms with Crippen LogP contribution in [-0.4, -0.2) is 35.6 Å². The Labute approximate surface area is 180 Å². The number of carbonyl (C=O) groups excluding carboxylic acids is 1. The number of hydrogen-bond acceptors (Lipinski definition) is 7. The summed E-state index contributed by atoms with van der Waals surface area (Å²) in [4.78, 5) is 17.1. The van der Waals surface area contributed by atoms with Gasteiger partial charge in [-0.2, -0.15) is 0 Å². The Bertz CT molecular complexity index is 1290. The number of aromatic nitrogens is 1. The fourth-order valence-corrected chi connectivity index (χ4v) is 4.41. The minimum Gasteiger partial charge on any atom is -0.497 e. The molecule has 1 N–H and O–H groups in total. The highest BCUT2D eigenvalue weighted by Crippen LogP contribution is 2.41. The summed E-state index contributed by atoms with van der Waals surface area (Å²) < 4.78 is 25.4. The summed E-state index contributed by atoms with van der Waals surface area (Å²) in [6.45, 7) is 0. The van der Waals surface area contributed by atoms with E-state index in [-0.39, 0.29) is 11.6 Å². The molecule has 0 spiro atoms. The lowest BCUT2D eigenvalue weighted by Gasteiger charge is -2.06. The highest BCUT2D eigenvalue weighted by molar-refractivity contribution is 7.73. The van der Waals surface area contributed by atoms with Crippen molar-refractivity contribution in [3.05, 3.63) is 62.7 Å². The van der Waals surface area contributed by atoms with Gasteiger partial charge in [0.2, 0.25) is 5.88 Å². The summed E-state index contributed by atoms with van der Waals surface area (Å²) in [7, 11) is 2.81. The zero-order valence-corrected chi connectivity index (χ0v) is 17.5. The second-order valence-corrected chi connectivity index (χ2v) is 7.94. The highest BCUT2D eigenvalue weighted by Gasteiger charge is 2.28. The van der Waals surface area contributed by atoms with Gasteiger partial charge in [0.15, 0.2) is 9.67 Å². The summed E-state index contributed by atoms with van der Waals surface area (Å²) in [5.74, 6) is -0.615. The number of halogens is 1. The SMILES string of the molecule is COC(=O)C1=Nc2cc(OC)ccc2/C1=C\c1sc(=S)n(-c2cccc(F)c2)c1O. The quantitative estimate of drug-likeness (QED) is 0.459. The standard InChI is InChI=1S/C21H15FN2O4S2/c1-27-13-6-7-14-15(18(20(26)28-2)23-16(14)9-13)10-17-19(25)24(21(29)30-17)12-5-3-4-11(22)8-12/h3-10,25H,1-2H3/b15-10+. The molecule has 4 rings (SSSR count). The summed E-state index contributed by atoms with van der Waals surface area (Å²) in [5, 5.41) is 10.8. The monoisotopic (exact) mass is 442 g/mol. The van der Waals surface area contributed by atoms with Gasteiger partial charge in [0.05, 0.1) is 30.5 Å². The summed E-state index contributed by atoms with van der Waals surface area (Å²) in [5.41, 5.74) is 2.23. The number of aromatic hydroxyl groups is 1. The van der Waals surface area contributed by atoms with E-state index in [2.05, 4.69) is 4.99 Å². The summed E-state index contributed by atoms with van der Waals surface area (Å²) in [6.07, 6.45) is 1.62. The molecular weight excluding hydrogens is 427 g/mol. The van der Waals surface area contributed by atoms with Crippen LogP contribution in [-0.2, 0) is 9.53 Å². The maximum atomic E-state index is 13.6. The molecule has 0 saturated carbocycles. The number of esters is 1. The molecule has 0 bridgehead atoms. The number of benzene rings is 2. The molecule has 0 fully saturated rings. The molecule has 152 valence electrons. The van der Waals surface area contributed by atoms with E-state index in [1.165, 1.54) is 29.9 Å². The Morgan fingerprint density at radius 1 is 1.27 bits per heavy atom. The van der Waals surface area contributed by atoms with Crippen molar-refractivity contribution < 1.29 is 23.8 Å². The van der Waals surface area contributed by atoms with Crippen LogP contribution >= 0.6 is 23.6 Å². The molecule has 0 saturated heterocycles. The molecule has 0 atom stereocenters. The summed E-state index contributed by atoms with van der Waals surface area (Å²) >= 11 is 6.50. The molecule has 0 radical (unpaired) electrons. The molecule has 3 aromatic rings. The van der Waals surface area contributed by atoms with Gasteiger partial charge in [-0.1, -0.05) is 6.07 Å². The number of methoxy groups -OCH3 is 2. The average Bonchev–Trinajstić information content (AvgIpc) is 3.23. The van der Waals surface area contributed by atoms with Gasteiger partial charge in [-0.05, 0) is 48.6 Å². The second-order valence-electron chi connectivity index (χ2n) is 6.26. The predicted octanol–water partition coefficient (Wildman–Crippen LogP) is 4.92. The van der Waals surface area contributed by atoms with Crippen LogP contribution in [0.1, 0.15) is 10.4 Å². The zero-order valence-electron chi connectivity index (χ0n) is 15.9. The van der Waals surface area contributed by atoms with Gasteiger partial charge in [0, 0.05) is 17.2 Å². The van der Waals surface area contributed by atoms with Gasteiger partial charge in [-0.3, -0.25) is 4.57 Å². The molecule has 0 amide bonds. The average molecular weight is 442 g/mol. The van der Waals surface area contributed by atoms with Crippen LogP contribution in [0.3, 0.4) is 0 Å². The number of rotatable bonds is 4. The van der Waals surface area contributed by atoms with Crippen LogP contribution in [0.4, 0.5) is 10.1 Å². The molecule has 6 nitrogen and oxygen atoms in total. The van der Waals surface area contributed by atoms with Crippen LogP contribution in [0.15, 0.2) is 47.5 Å². The first-order valence-electron chi connectivity index (χ1n) is 8.71. The van der Waals surface area contributed by atoms with Gasteiger partial charge in [-0.15, -0.1) is 11.3 Å². The Hall–Kier alpha value is -3.30. The molecule has 0 aliphatic carbocycles. The molecule has 0 unspecified atom stereocenters. The van der Waals surface area contributed by atoms with Gasteiger partial charge in [0.25, 0.3) is 0 Å². The van der Waals surface area contributed by atoms with Crippen LogP contribution < -0.4 is 4.74 Å². The first-order valence-corrected chi connectivity index (χ1v) is 9.93. The third kappa shape index (κ3) is 3.42. The normalized spacial score (nSPS) is 13.8. The van der Waals surface area contributed by atoms with Crippen LogP contribution in [0.25, 0.3) is 17.3 Å². The van der Waals surface area contributed by atoms with Crippen LogP contribution in [0.5, 0.6) is 11.6 Å². The predicted molar refractivity (Wildman–Crippen MR) is 116 cm³/mol. The number of nitrogens with zero attached hydrogens (tertiary/aromatic N) is 2. The molecule has 2 heterocycles. The van der Waals surface area contributed by atoms with E-state index < -0.39 is 11.8 Å². The molecule has 1 aromatic heterocycles. The van der Waals surface area contributed by atoms with E-state index in [4.69, 9.17) is 21.7 Å². The minimum absolute atomic E-state index is 0.108. The molecule has 30 heavy (non-hydrogen) atoms. The van der Waals surface area contributed by atoms with Crippen molar-refractivity contribution in [2.75, 3.05) is 14.2 Å². The molecule has 1 aliphatic heterocycles. The zero-order chi connectivity index (χ0) is 21.4. The maximum absolute atomic E-state index is 13.6. The van der Waals surface area contributed by atoms with E-state index in [0.717, 1.165) is 11.3 Å². The Balaban J connectivity index is 1.87. The van der Waals surface area contributed by atoms with Crippen LogP contribution in [0, 0.1) is 9.77 Å². The fraction of sp³-hybridized carbons (Fsp3) is 0.0952. The number of aliphatic imine (C=N–C) groups is 1. The van der Waals surface area contributed by atoms with Crippen molar-refractivity contribution in [2.45, 2.75) is 0 Å². The van der Waals surface area contributed by atoms with Crippen molar-refractivity contribution in [3.8, 4) is 17.3 Å². The number of hydrogen-bond donors (Lipinski definition) is 1. The van der Waals surface area contributed by atoms with Gasteiger partial charge in [0.1, 0.15) is 11.6 Å². The molecule has 2 aromatic carbocycles. The van der Waals surface area contributed by atoms with Gasteiger partial charge >= 0.3 is 5.97 Å². The van der Waals surface area contributed by atoms with Crippen molar-refractivity contribution in [1.29, 1.82) is 0 Å². The van der Waals surface area contributed by atoms with E-state index in [0.29, 0.717) is 37.1 Å². The third-order valence-electron chi connectivity index (χ3n) is 4.52. The largest absolute Gasteiger partial charge is 0.497 e. The van der Waals surface area contributed by atoms with E-state index in [1.54, 1.807) is 37.5 Å². The van der Waals surface area contributed by atoms with E-state index in [1.807, 2.05) is 0 Å². The molecule has 9 heteroatoms. The van der Waals surface area contributed by atoms with Gasteiger partial charge in [-0.25, -0.2) is 14.2 Å². The second kappa shape index (κ2) is 7.85. The smallest absolute Gasteiger partial charge is 0.357 e. The highest BCUT2D eigenvalue weighted by atomic mass is 32.1. The third-order valence-corrected chi connectivity index (χ3v) is 5.83. The Morgan fingerprint density at radius 2 is 2.07 bits per heavy atom. The Morgan fingerprint density at radius 3 is 2.77 bits per heavy atom. The van der Waals surface area contributed by atoms with Crippen molar-refractivity contribution in [2.24, 2.45) is 4.99 Å². The maximum Gasteiger partial charge on any atom is 0.357 e. The fourth-order valence-electron chi connectivity index (χ4n) is 3.12. The van der Waals surface area contributed by atoms with E-state index >= 15 is 0 Å². The number of carbonyl (C=O) groups is 1. The van der Waals surface area contributed by atoms with Gasteiger partial charge < -0.3 is 14.6 Å². The first kappa shape index (κ1) is 20.0. The lowest BCUT2D eigenvalue weighted by atomic mass is 10.0. The van der Waals surface area contributed by atoms with Crippen molar-refractivity contribution >= 4 is 52.6 Å². The lowest BCUT2D eigenvalue weighted by Crippen LogP contribution is -2.14. The topological polar surface area (TPSA) is 73.0 Å². The number of fused-ring (bicyclic) bond motifs is 1. The number of ether oxygens (including phenoxy) is 2. The number of thiazole rings is 1. The molecule has 1 aliphatic rings. The minimum atomic E-state index is -0.607.